The number of carbonyl (C=O) groups excluding carboxylic acids is 3. The number of amides is 3. The Bertz CT molecular complexity index is 1470. The molecule has 0 saturated heterocycles. The van der Waals surface area contributed by atoms with Gasteiger partial charge in [-0.25, -0.2) is 9.97 Å². The van der Waals surface area contributed by atoms with Gasteiger partial charge in [0.2, 0.25) is 11.8 Å². The number of rotatable bonds is 8. The number of fused-ring (bicyclic) bond motifs is 1. The molecule has 0 spiro atoms. The first-order valence-corrected chi connectivity index (χ1v) is 13.3. The molecule has 8 nitrogen and oxygen atoms in total. The van der Waals surface area contributed by atoms with Gasteiger partial charge in [-0.2, -0.15) is 0 Å². The molecule has 0 saturated carbocycles. The number of likely N-dealkylation sites (N-methyl/N-ethyl adjacent to an activating group) is 1. The lowest BCUT2D eigenvalue weighted by atomic mass is 10.2. The highest BCUT2D eigenvalue weighted by Gasteiger charge is 2.22. The van der Waals surface area contributed by atoms with Crippen molar-refractivity contribution in [2.75, 3.05) is 23.7 Å². The fourth-order valence-corrected chi connectivity index (χ4v) is 5.91. The number of aryl methyl sites for hydroxylation is 2. The Morgan fingerprint density at radius 1 is 0.973 bits per heavy atom. The number of thiophene rings is 1. The maximum Gasteiger partial charge on any atom is 0.255 e. The smallest absolute Gasteiger partial charge is 0.255 e. The number of nitrogens with one attached hydrogen (secondary N) is 2. The van der Waals surface area contributed by atoms with Crippen LogP contribution in [0.4, 0.5) is 11.4 Å². The van der Waals surface area contributed by atoms with Gasteiger partial charge in [0, 0.05) is 40.0 Å². The summed E-state index contributed by atoms with van der Waals surface area (Å²) in [5, 5.41) is 7.30. The summed E-state index contributed by atoms with van der Waals surface area (Å²) < 4.78 is 0. The standard InChI is InChI=1S/C27H27N5O3S2/c1-5-32(14-23(34)31-20-12-10-19(11-13-20)30-18(4)33)27(35)21-8-6-7-9-22(21)37-26-24-16(2)17(3)36-25(24)28-15-29-26/h6-13,15H,5,14H2,1-4H3,(H,30,33)(H,31,34). The minimum absolute atomic E-state index is 0.0949. The van der Waals surface area contributed by atoms with E-state index in [1.165, 1.54) is 28.5 Å². The maximum atomic E-state index is 13.5. The lowest BCUT2D eigenvalue weighted by molar-refractivity contribution is -0.117. The van der Waals surface area contributed by atoms with Crippen molar-refractivity contribution >= 4 is 62.4 Å². The highest BCUT2D eigenvalue weighted by atomic mass is 32.2. The van der Waals surface area contributed by atoms with Crippen LogP contribution in [-0.2, 0) is 9.59 Å². The zero-order chi connectivity index (χ0) is 26.5. The highest BCUT2D eigenvalue weighted by Crippen LogP contribution is 2.38. The van der Waals surface area contributed by atoms with Crippen molar-refractivity contribution in [3.05, 3.63) is 70.9 Å². The summed E-state index contributed by atoms with van der Waals surface area (Å²) in [6, 6.07) is 14.2. The van der Waals surface area contributed by atoms with Crippen molar-refractivity contribution in [3.63, 3.8) is 0 Å². The van der Waals surface area contributed by atoms with E-state index in [-0.39, 0.29) is 24.3 Å². The number of aromatic nitrogens is 2. The minimum atomic E-state index is -0.311. The van der Waals surface area contributed by atoms with Gasteiger partial charge in [-0.05, 0) is 62.7 Å². The number of benzene rings is 2. The van der Waals surface area contributed by atoms with Crippen LogP contribution in [0.15, 0.2) is 64.8 Å². The molecule has 4 aromatic rings. The Morgan fingerprint density at radius 2 is 1.65 bits per heavy atom. The summed E-state index contributed by atoms with van der Waals surface area (Å²) in [6.07, 6.45) is 1.55. The van der Waals surface area contributed by atoms with Gasteiger partial charge in [0.15, 0.2) is 0 Å². The van der Waals surface area contributed by atoms with Gasteiger partial charge in [0.05, 0.1) is 5.56 Å². The molecule has 2 aromatic carbocycles. The SMILES string of the molecule is CCN(CC(=O)Nc1ccc(NC(C)=O)cc1)C(=O)c1ccccc1Sc1ncnc2sc(C)c(C)c12. The second-order valence-corrected chi connectivity index (χ2v) is 10.6. The lowest BCUT2D eigenvalue weighted by Gasteiger charge is -2.22. The Hall–Kier alpha value is -3.76. The number of hydrogen-bond donors (Lipinski definition) is 2. The van der Waals surface area contributed by atoms with Crippen molar-refractivity contribution in [2.45, 2.75) is 37.6 Å². The van der Waals surface area contributed by atoms with E-state index in [9.17, 15) is 14.4 Å². The molecule has 2 heterocycles. The average molecular weight is 534 g/mol. The molecular weight excluding hydrogens is 506 g/mol. The first kappa shape index (κ1) is 26.3. The van der Waals surface area contributed by atoms with E-state index in [4.69, 9.17) is 0 Å². The van der Waals surface area contributed by atoms with Gasteiger partial charge < -0.3 is 15.5 Å². The molecule has 4 rings (SSSR count). The van der Waals surface area contributed by atoms with Gasteiger partial charge in [-0.1, -0.05) is 23.9 Å². The molecule has 2 aromatic heterocycles. The number of anilines is 2. The predicted molar refractivity (Wildman–Crippen MR) is 148 cm³/mol. The van der Waals surface area contributed by atoms with Crippen LogP contribution in [0, 0.1) is 13.8 Å². The molecular formula is C27H27N5O3S2. The molecule has 0 aliphatic heterocycles. The molecule has 10 heteroatoms. The first-order valence-electron chi connectivity index (χ1n) is 11.7. The second kappa shape index (κ2) is 11.5. The Balaban J connectivity index is 1.50. The molecule has 0 atom stereocenters. The topological polar surface area (TPSA) is 104 Å². The van der Waals surface area contributed by atoms with Gasteiger partial charge in [-0.3, -0.25) is 14.4 Å². The number of hydrogen-bond acceptors (Lipinski definition) is 7. The fraction of sp³-hybridized carbons (Fsp3) is 0.222. The molecule has 0 fully saturated rings. The van der Waals surface area contributed by atoms with Crippen molar-refractivity contribution in [1.82, 2.24) is 14.9 Å². The normalized spacial score (nSPS) is 10.8. The van der Waals surface area contributed by atoms with E-state index in [1.54, 1.807) is 48.0 Å². The largest absolute Gasteiger partial charge is 0.330 e. The van der Waals surface area contributed by atoms with Crippen LogP contribution >= 0.6 is 23.1 Å². The average Bonchev–Trinajstić information content (AvgIpc) is 3.17. The summed E-state index contributed by atoms with van der Waals surface area (Å²) in [7, 11) is 0. The monoisotopic (exact) mass is 533 g/mol. The van der Waals surface area contributed by atoms with Gasteiger partial charge >= 0.3 is 0 Å². The zero-order valence-electron chi connectivity index (χ0n) is 21.0. The van der Waals surface area contributed by atoms with Crippen molar-refractivity contribution in [1.29, 1.82) is 0 Å². The molecule has 3 amide bonds. The Morgan fingerprint density at radius 3 is 2.32 bits per heavy atom. The van der Waals surface area contributed by atoms with Crippen molar-refractivity contribution < 1.29 is 14.4 Å². The van der Waals surface area contributed by atoms with Crippen LogP contribution in [0.5, 0.6) is 0 Å². The molecule has 0 radical (unpaired) electrons. The number of carbonyl (C=O) groups is 3. The summed E-state index contributed by atoms with van der Waals surface area (Å²) in [6.45, 7) is 7.67. The van der Waals surface area contributed by atoms with Crippen LogP contribution in [0.25, 0.3) is 10.2 Å². The van der Waals surface area contributed by atoms with E-state index in [0.717, 1.165) is 25.7 Å². The first-order chi connectivity index (χ1) is 17.8. The van der Waals surface area contributed by atoms with Gasteiger partial charge in [-0.15, -0.1) is 11.3 Å². The lowest BCUT2D eigenvalue weighted by Crippen LogP contribution is -2.38. The highest BCUT2D eigenvalue weighted by molar-refractivity contribution is 7.99. The molecule has 2 N–H and O–H groups in total. The minimum Gasteiger partial charge on any atom is -0.330 e. The Labute approximate surface area is 223 Å². The van der Waals surface area contributed by atoms with Crippen LogP contribution in [0.1, 0.15) is 34.6 Å². The third-order valence-corrected chi connectivity index (χ3v) is 7.94. The fourth-order valence-electron chi connectivity index (χ4n) is 3.78. The summed E-state index contributed by atoms with van der Waals surface area (Å²) >= 11 is 3.06. The molecule has 37 heavy (non-hydrogen) atoms. The molecule has 0 unspecified atom stereocenters. The van der Waals surface area contributed by atoms with Crippen LogP contribution in [0.3, 0.4) is 0 Å². The van der Waals surface area contributed by atoms with Crippen LogP contribution in [-0.4, -0.2) is 45.7 Å². The third kappa shape index (κ3) is 6.15. The number of nitrogens with zero attached hydrogens (tertiary/aromatic N) is 3. The van der Waals surface area contributed by atoms with E-state index in [1.807, 2.05) is 25.1 Å². The van der Waals surface area contributed by atoms with E-state index in [0.29, 0.717) is 23.5 Å². The summed E-state index contributed by atoms with van der Waals surface area (Å²) in [5.41, 5.74) is 2.87. The van der Waals surface area contributed by atoms with Crippen LogP contribution < -0.4 is 10.6 Å². The van der Waals surface area contributed by atoms with E-state index < -0.39 is 0 Å². The third-order valence-electron chi connectivity index (χ3n) is 5.75. The molecule has 0 aliphatic rings. The van der Waals surface area contributed by atoms with Gasteiger partial charge in [0.25, 0.3) is 5.91 Å². The maximum absolute atomic E-state index is 13.5. The van der Waals surface area contributed by atoms with Crippen molar-refractivity contribution in [3.8, 4) is 0 Å². The summed E-state index contributed by atoms with van der Waals surface area (Å²) in [5.74, 6) is -0.711. The van der Waals surface area contributed by atoms with E-state index >= 15 is 0 Å². The second-order valence-electron chi connectivity index (χ2n) is 8.37. The van der Waals surface area contributed by atoms with Gasteiger partial charge in [0.1, 0.15) is 22.7 Å². The van der Waals surface area contributed by atoms with Crippen LogP contribution in [0.2, 0.25) is 0 Å². The molecule has 0 aliphatic carbocycles. The zero-order valence-corrected chi connectivity index (χ0v) is 22.6. The Kier molecular flexibility index (Phi) is 8.20. The summed E-state index contributed by atoms with van der Waals surface area (Å²) in [4.78, 5) is 50.8. The van der Waals surface area contributed by atoms with E-state index in [2.05, 4.69) is 34.4 Å². The van der Waals surface area contributed by atoms with Crippen molar-refractivity contribution in [2.24, 2.45) is 0 Å². The molecule has 0 bridgehead atoms. The quantitative estimate of drug-likeness (QED) is 0.289. The molecule has 190 valence electrons. The predicted octanol–water partition coefficient (Wildman–Crippen LogP) is 5.52.